The Morgan fingerprint density at radius 3 is 2.71 bits per heavy atom. The number of hydrogen-bond donors (Lipinski definition) is 1. The van der Waals surface area contributed by atoms with Gasteiger partial charge in [0.25, 0.3) is 0 Å². The van der Waals surface area contributed by atoms with E-state index in [4.69, 9.17) is 9.84 Å². The second kappa shape index (κ2) is 7.19. The van der Waals surface area contributed by atoms with Crippen LogP contribution in [0.4, 0.5) is 0 Å². The number of aliphatic carboxylic acids is 1. The van der Waals surface area contributed by atoms with Gasteiger partial charge in [-0.15, -0.1) is 0 Å². The van der Waals surface area contributed by atoms with Gasteiger partial charge in [-0.1, -0.05) is 12.1 Å². The van der Waals surface area contributed by atoms with Crippen molar-refractivity contribution in [2.24, 2.45) is 0 Å². The molecule has 114 valence electrons. The fraction of sp³-hybridized carbons (Fsp3) is 0.467. The number of carboxylic acid groups (broad SMARTS) is 1. The van der Waals surface area contributed by atoms with E-state index in [2.05, 4.69) is 9.64 Å². The predicted octanol–water partition coefficient (Wildman–Crippen LogP) is 1.15. The van der Waals surface area contributed by atoms with Gasteiger partial charge < -0.3 is 14.6 Å². The van der Waals surface area contributed by atoms with Crippen LogP contribution in [-0.2, 0) is 20.8 Å². The highest BCUT2D eigenvalue weighted by molar-refractivity contribution is 5.89. The molecule has 6 heteroatoms. The highest BCUT2D eigenvalue weighted by atomic mass is 16.5. The molecule has 21 heavy (non-hydrogen) atoms. The van der Waals surface area contributed by atoms with E-state index in [1.165, 1.54) is 7.11 Å². The van der Waals surface area contributed by atoms with Crippen molar-refractivity contribution < 1.29 is 24.2 Å². The molecule has 0 saturated carbocycles. The zero-order valence-corrected chi connectivity index (χ0v) is 11.9. The topological polar surface area (TPSA) is 76.1 Å². The monoisotopic (exact) mass is 293 g/mol. The smallest absolute Gasteiger partial charge is 0.337 e. The van der Waals surface area contributed by atoms with E-state index in [1.54, 1.807) is 12.1 Å². The quantitative estimate of drug-likeness (QED) is 0.821. The zero-order valence-electron chi connectivity index (χ0n) is 11.9. The number of ether oxygens (including phenoxy) is 2. The SMILES string of the molecule is COC(=O)c1ccc(CN2CCOCC2CC(=O)O)cc1. The summed E-state index contributed by atoms with van der Waals surface area (Å²) in [5.74, 6) is -1.19. The van der Waals surface area contributed by atoms with Crippen LogP contribution in [0.15, 0.2) is 24.3 Å². The zero-order chi connectivity index (χ0) is 15.2. The predicted molar refractivity (Wildman–Crippen MR) is 75.1 cm³/mol. The van der Waals surface area contributed by atoms with Crippen molar-refractivity contribution in [1.82, 2.24) is 4.90 Å². The molecule has 1 aliphatic rings. The maximum Gasteiger partial charge on any atom is 0.337 e. The van der Waals surface area contributed by atoms with E-state index in [0.29, 0.717) is 31.9 Å². The van der Waals surface area contributed by atoms with Crippen molar-refractivity contribution >= 4 is 11.9 Å². The van der Waals surface area contributed by atoms with E-state index in [9.17, 15) is 9.59 Å². The number of benzene rings is 1. The Bertz CT molecular complexity index is 499. The number of rotatable bonds is 5. The first-order valence-corrected chi connectivity index (χ1v) is 6.81. The van der Waals surface area contributed by atoms with E-state index in [1.807, 2.05) is 12.1 Å². The third-order valence-corrected chi connectivity index (χ3v) is 3.52. The first-order valence-electron chi connectivity index (χ1n) is 6.81. The molecule has 0 bridgehead atoms. The number of hydrogen-bond acceptors (Lipinski definition) is 5. The molecule has 6 nitrogen and oxygen atoms in total. The minimum Gasteiger partial charge on any atom is -0.481 e. The van der Waals surface area contributed by atoms with Crippen molar-refractivity contribution in [3.63, 3.8) is 0 Å². The van der Waals surface area contributed by atoms with Crippen LogP contribution in [0.3, 0.4) is 0 Å². The summed E-state index contributed by atoms with van der Waals surface area (Å²) in [6.07, 6.45) is 0.0697. The second-order valence-corrected chi connectivity index (χ2v) is 4.99. The van der Waals surface area contributed by atoms with Crippen LogP contribution in [0.5, 0.6) is 0 Å². The van der Waals surface area contributed by atoms with Crippen molar-refractivity contribution in [2.75, 3.05) is 26.9 Å². The molecule has 0 aromatic heterocycles. The Morgan fingerprint density at radius 2 is 2.10 bits per heavy atom. The normalized spacial score (nSPS) is 19.2. The highest BCUT2D eigenvalue weighted by Crippen LogP contribution is 2.16. The molecular weight excluding hydrogens is 274 g/mol. The molecule has 1 fully saturated rings. The molecule has 1 aromatic carbocycles. The Morgan fingerprint density at radius 1 is 1.38 bits per heavy atom. The lowest BCUT2D eigenvalue weighted by Crippen LogP contribution is -2.45. The largest absolute Gasteiger partial charge is 0.481 e. The molecule has 0 aliphatic carbocycles. The maximum atomic E-state index is 11.4. The van der Waals surface area contributed by atoms with Crippen LogP contribution in [0.2, 0.25) is 0 Å². The van der Waals surface area contributed by atoms with Crippen molar-refractivity contribution in [2.45, 2.75) is 19.0 Å². The Labute approximate surface area is 123 Å². The summed E-state index contributed by atoms with van der Waals surface area (Å²) in [7, 11) is 1.35. The van der Waals surface area contributed by atoms with Crippen molar-refractivity contribution in [3.8, 4) is 0 Å². The number of nitrogens with zero attached hydrogens (tertiary/aromatic N) is 1. The fourth-order valence-electron chi connectivity index (χ4n) is 2.39. The Balaban J connectivity index is 2.01. The molecule has 1 N–H and O–H groups in total. The minimum absolute atomic E-state index is 0.0697. The van der Waals surface area contributed by atoms with E-state index in [0.717, 1.165) is 5.56 Å². The van der Waals surface area contributed by atoms with Crippen molar-refractivity contribution in [1.29, 1.82) is 0 Å². The van der Waals surface area contributed by atoms with Gasteiger partial charge >= 0.3 is 11.9 Å². The van der Waals surface area contributed by atoms with E-state index >= 15 is 0 Å². The lowest BCUT2D eigenvalue weighted by atomic mass is 10.1. The van der Waals surface area contributed by atoms with Gasteiger partial charge in [-0.25, -0.2) is 4.79 Å². The van der Waals surface area contributed by atoms with Crippen LogP contribution in [0.1, 0.15) is 22.3 Å². The standard InChI is InChI=1S/C15H19NO5/c1-20-15(19)12-4-2-11(3-5-12)9-16-6-7-21-10-13(16)8-14(17)18/h2-5,13H,6-10H2,1H3,(H,17,18). The van der Waals surface area contributed by atoms with Gasteiger partial charge in [0.15, 0.2) is 0 Å². The molecule has 0 radical (unpaired) electrons. The number of methoxy groups -OCH3 is 1. The highest BCUT2D eigenvalue weighted by Gasteiger charge is 2.25. The Hall–Kier alpha value is -1.92. The maximum absolute atomic E-state index is 11.4. The van der Waals surface area contributed by atoms with Crippen LogP contribution >= 0.6 is 0 Å². The van der Waals surface area contributed by atoms with Gasteiger partial charge in [-0.2, -0.15) is 0 Å². The van der Waals surface area contributed by atoms with Crippen LogP contribution in [0.25, 0.3) is 0 Å². The molecule has 1 heterocycles. The first-order chi connectivity index (χ1) is 10.1. The summed E-state index contributed by atoms with van der Waals surface area (Å²) < 4.78 is 10.0. The summed E-state index contributed by atoms with van der Waals surface area (Å²) in [4.78, 5) is 24.4. The third kappa shape index (κ3) is 4.27. The first kappa shape index (κ1) is 15.5. The fourth-order valence-corrected chi connectivity index (χ4v) is 2.39. The molecule has 1 saturated heterocycles. The van der Waals surface area contributed by atoms with Gasteiger partial charge in [0.2, 0.25) is 0 Å². The molecule has 0 amide bonds. The average molecular weight is 293 g/mol. The van der Waals surface area contributed by atoms with Crippen LogP contribution < -0.4 is 0 Å². The number of carboxylic acids is 1. The van der Waals surface area contributed by atoms with E-state index in [-0.39, 0.29) is 18.4 Å². The summed E-state index contributed by atoms with van der Waals surface area (Å²) in [6.45, 7) is 2.39. The summed E-state index contributed by atoms with van der Waals surface area (Å²) in [6, 6.07) is 7.04. The molecule has 1 unspecified atom stereocenters. The number of esters is 1. The summed E-state index contributed by atoms with van der Waals surface area (Å²) in [5, 5.41) is 8.94. The van der Waals surface area contributed by atoms with Crippen LogP contribution in [-0.4, -0.2) is 54.9 Å². The molecule has 0 spiro atoms. The number of carbonyl (C=O) groups is 2. The molecular formula is C15H19NO5. The van der Waals surface area contributed by atoms with Gasteiger partial charge in [0.1, 0.15) is 0 Å². The van der Waals surface area contributed by atoms with Gasteiger partial charge in [-0.05, 0) is 17.7 Å². The number of carbonyl (C=O) groups excluding carboxylic acids is 1. The summed E-state index contributed by atoms with van der Waals surface area (Å²) >= 11 is 0. The molecule has 1 aromatic rings. The molecule has 2 rings (SSSR count). The van der Waals surface area contributed by atoms with Crippen molar-refractivity contribution in [3.05, 3.63) is 35.4 Å². The minimum atomic E-state index is -0.823. The lowest BCUT2D eigenvalue weighted by molar-refractivity contribution is -0.140. The second-order valence-electron chi connectivity index (χ2n) is 4.99. The number of morpholine rings is 1. The average Bonchev–Trinajstić information content (AvgIpc) is 2.49. The third-order valence-electron chi connectivity index (χ3n) is 3.52. The van der Waals surface area contributed by atoms with E-state index < -0.39 is 5.97 Å². The van der Waals surface area contributed by atoms with Gasteiger partial charge in [0.05, 0.1) is 32.3 Å². The molecule has 1 aliphatic heterocycles. The van der Waals surface area contributed by atoms with Crippen LogP contribution in [0, 0.1) is 0 Å². The summed E-state index contributed by atoms with van der Waals surface area (Å²) in [5.41, 5.74) is 1.53. The lowest BCUT2D eigenvalue weighted by Gasteiger charge is -2.34. The van der Waals surface area contributed by atoms with Gasteiger partial charge in [-0.3, -0.25) is 9.69 Å². The molecule has 1 atom stereocenters. The Kier molecular flexibility index (Phi) is 5.30. The van der Waals surface area contributed by atoms with Gasteiger partial charge in [0, 0.05) is 19.1 Å².